The summed E-state index contributed by atoms with van der Waals surface area (Å²) in [7, 11) is 1.99. The summed E-state index contributed by atoms with van der Waals surface area (Å²) in [5, 5.41) is 12.9. The highest BCUT2D eigenvalue weighted by molar-refractivity contribution is 5.87. The molecule has 0 aliphatic carbocycles. The van der Waals surface area contributed by atoms with Crippen molar-refractivity contribution in [1.29, 1.82) is 0 Å². The summed E-state index contributed by atoms with van der Waals surface area (Å²) in [5.74, 6) is 6.76. The molecule has 0 radical (unpaired) electrons. The van der Waals surface area contributed by atoms with Crippen LogP contribution in [0.5, 0.6) is 0 Å². The molecule has 188 valence electrons. The largest absolute Gasteiger partial charge is 0.394 e. The lowest BCUT2D eigenvalue weighted by Crippen LogP contribution is -2.54. The molecule has 2 N–H and O–H groups in total. The maximum Gasteiger partial charge on any atom is 0.243 e. The van der Waals surface area contributed by atoms with Gasteiger partial charge in [-0.1, -0.05) is 82.9 Å². The molecule has 4 nitrogen and oxygen atoms in total. The van der Waals surface area contributed by atoms with E-state index in [0.717, 1.165) is 34.4 Å². The second kappa shape index (κ2) is 13.4. The molecule has 0 bridgehead atoms. The van der Waals surface area contributed by atoms with Crippen molar-refractivity contribution in [3.63, 3.8) is 0 Å². The van der Waals surface area contributed by atoms with Gasteiger partial charge in [-0.2, -0.15) is 0 Å². The Morgan fingerprint density at radius 3 is 2.40 bits per heavy atom. The number of amides is 1. The molecule has 0 aromatic heterocycles. The third kappa shape index (κ3) is 7.36. The number of carbonyl (C=O) groups excluding carboxylic acids is 1. The standard InChI is InChI=1S/C31H42N2O2/c1-5-6-7-8-9-10-11-12-13-24-14-16-25(17-15-24)26-18-19-29-27(20-26)21-28(22-34)32-31(35)30(23(2)3)33(29)4/h14-20,23,28,30,34H,5-11,21-22H2,1-4H3,(H,32,35)/t28-,30-/m0/s1. The number of rotatable bonds is 9. The number of anilines is 1. The van der Waals surface area contributed by atoms with Gasteiger partial charge in [0.15, 0.2) is 0 Å². The molecule has 2 atom stereocenters. The smallest absolute Gasteiger partial charge is 0.243 e. The molecule has 0 fully saturated rings. The maximum absolute atomic E-state index is 12.8. The van der Waals surface area contributed by atoms with Crippen LogP contribution in [0.25, 0.3) is 11.1 Å². The lowest BCUT2D eigenvalue weighted by atomic mass is 9.93. The van der Waals surface area contributed by atoms with Gasteiger partial charge in [-0.15, -0.1) is 0 Å². The SMILES string of the molecule is CCCCCCCCC#Cc1ccc(-c2ccc3c(c2)C[C@@H](CO)NC(=O)[C@H](C(C)C)N3C)cc1. The zero-order chi connectivity index (χ0) is 25.2. The van der Waals surface area contributed by atoms with E-state index >= 15 is 0 Å². The minimum absolute atomic E-state index is 0.0236. The number of nitrogens with zero attached hydrogens (tertiary/aromatic N) is 1. The first-order chi connectivity index (χ1) is 16.9. The lowest BCUT2D eigenvalue weighted by Gasteiger charge is -2.37. The fourth-order valence-electron chi connectivity index (χ4n) is 4.97. The van der Waals surface area contributed by atoms with Crippen LogP contribution >= 0.6 is 0 Å². The normalized spacial score (nSPS) is 17.8. The minimum atomic E-state index is -0.282. The van der Waals surface area contributed by atoms with Gasteiger partial charge in [0.25, 0.3) is 0 Å². The van der Waals surface area contributed by atoms with Crippen molar-refractivity contribution < 1.29 is 9.90 Å². The van der Waals surface area contributed by atoms with Crippen LogP contribution in [0.1, 0.15) is 76.8 Å². The predicted octanol–water partition coefficient (Wildman–Crippen LogP) is 5.95. The number of unbranched alkanes of at least 4 members (excludes halogenated alkanes) is 6. The highest BCUT2D eigenvalue weighted by Gasteiger charge is 2.32. The van der Waals surface area contributed by atoms with Gasteiger partial charge in [0.2, 0.25) is 5.91 Å². The maximum atomic E-state index is 12.8. The van der Waals surface area contributed by atoms with E-state index in [4.69, 9.17) is 0 Å². The average molecular weight is 475 g/mol. The first-order valence-electron chi connectivity index (χ1n) is 13.3. The first kappa shape index (κ1) is 26.8. The Morgan fingerprint density at radius 1 is 1.03 bits per heavy atom. The molecule has 0 saturated heterocycles. The van der Waals surface area contributed by atoms with E-state index in [1.165, 1.54) is 38.5 Å². The van der Waals surface area contributed by atoms with Crippen LogP contribution in [0.2, 0.25) is 0 Å². The third-order valence-electron chi connectivity index (χ3n) is 6.92. The molecule has 1 amide bonds. The van der Waals surface area contributed by atoms with Crippen molar-refractivity contribution in [3.05, 3.63) is 53.6 Å². The third-order valence-corrected chi connectivity index (χ3v) is 6.92. The molecule has 1 aliphatic heterocycles. The van der Waals surface area contributed by atoms with Crippen molar-refractivity contribution in [3.8, 4) is 23.0 Å². The number of fused-ring (bicyclic) bond motifs is 1. The molecule has 35 heavy (non-hydrogen) atoms. The Labute approximate surface area is 212 Å². The second-order valence-electron chi connectivity index (χ2n) is 10.1. The molecule has 2 aromatic rings. The Balaban J connectivity index is 1.72. The van der Waals surface area contributed by atoms with Gasteiger partial charge in [-0.25, -0.2) is 0 Å². The molecule has 4 heteroatoms. The topological polar surface area (TPSA) is 52.6 Å². The van der Waals surface area contributed by atoms with Crippen LogP contribution in [0.3, 0.4) is 0 Å². The summed E-state index contributed by atoms with van der Waals surface area (Å²) in [6.45, 7) is 6.29. The highest BCUT2D eigenvalue weighted by atomic mass is 16.3. The summed E-state index contributed by atoms with van der Waals surface area (Å²) >= 11 is 0. The van der Waals surface area contributed by atoms with Crippen LogP contribution in [-0.4, -0.2) is 36.8 Å². The molecule has 0 saturated carbocycles. The zero-order valence-electron chi connectivity index (χ0n) is 21.9. The quantitative estimate of drug-likeness (QED) is 0.349. The van der Waals surface area contributed by atoms with Crippen LogP contribution in [0.15, 0.2) is 42.5 Å². The van der Waals surface area contributed by atoms with E-state index in [-0.39, 0.29) is 30.5 Å². The molecule has 1 aliphatic rings. The number of nitrogens with one attached hydrogen (secondary N) is 1. The van der Waals surface area contributed by atoms with Crippen LogP contribution < -0.4 is 10.2 Å². The molecule has 0 unspecified atom stereocenters. The number of aliphatic hydroxyl groups excluding tert-OH is 1. The van der Waals surface area contributed by atoms with Crippen LogP contribution in [0, 0.1) is 17.8 Å². The van der Waals surface area contributed by atoms with Gasteiger partial charge >= 0.3 is 0 Å². The van der Waals surface area contributed by atoms with Gasteiger partial charge < -0.3 is 15.3 Å². The average Bonchev–Trinajstić information content (AvgIpc) is 2.84. The number of carbonyl (C=O) groups is 1. The van der Waals surface area contributed by atoms with Crippen molar-refractivity contribution in [1.82, 2.24) is 5.32 Å². The molecule has 1 heterocycles. The summed E-state index contributed by atoms with van der Waals surface area (Å²) in [6, 6.07) is 14.3. The van der Waals surface area contributed by atoms with E-state index in [0.29, 0.717) is 6.42 Å². The number of hydrogen-bond donors (Lipinski definition) is 2. The molecule has 2 aromatic carbocycles. The lowest BCUT2D eigenvalue weighted by molar-refractivity contribution is -0.124. The zero-order valence-corrected chi connectivity index (χ0v) is 21.9. The first-order valence-corrected chi connectivity index (χ1v) is 13.3. The summed E-state index contributed by atoms with van der Waals surface area (Å²) in [4.78, 5) is 14.9. The van der Waals surface area contributed by atoms with E-state index in [9.17, 15) is 9.90 Å². The van der Waals surface area contributed by atoms with Crippen LogP contribution in [0.4, 0.5) is 5.69 Å². The fourth-order valence-corrected chi connectivity index (χ4v) is 4.97. The Kier molecular flexibility index (Phi) is 10.2. The van der Waals surface area contributed by atoms with Crippen LogP contribution in [-0.2, 0) is 11.2 Å². The van der Waals surface area contributed by atoms with Crippen molar-refractivity contribution in [2.24, 2.45) is 5.92 Å². The van der Waals surface area contributed by atoms with Crippen molar-refractivity contribution >= 4 is 11.6 Å². The Morgan fingerprint density at radius 2 is 1.71 bits per heavy atom. The number of hydrogen-bond acceptors (Lipinski definition) is 3. The summed E-state index contributed by atoms with van der Waals surface area (Å²) in [6.07, 6.45) is 9.33. The van der Waals surface area contributed by atoms with Gasteiger partial charge in [0, 0.05) is 24.7 Å². The Bertz CT molecular complexity index is 1020. The van der Waals surface area contributed by atoms with Gasteiger partial charge in [0.1, 0.15) is 6.04 Å². The highest BCUT2D eigenvalue weighted by Crippen LogP contribution is 2.31. The number of aliphatic hydroxyl groups is 1. The second-order valence-corrected chi connectivity index (χ2v) is 10.1. The van der Waals surface area contributed by atoms with Gasteiger partial charge in [-0.3, -0.25) is 4.79 Å². The van der Waals surface area contributed by atoms with E-state index in [2.05, 4.69) is 85.3 Å². The fraction of sp³-hybridized carbons (Fsp3) is 0.516. The van der Waals surface area contributed by atoms with Gasteiger partial charge in [-0.05, 0) is 59.7 Å². The number of likely N-dealkylation sites (N-methyl/N-ethyl adjacent to an activating group) is 1. The molecular weight excluding hydrogens is 432 g/mol. The van der Waals surface area contributed by atoms with Gasteiger partial charge in [0.05, 0.1) is 12.6 Å². The molecular formula is C31H42N2O2. The minimum Gasteiger partial charge on any atom is -0.394 e. The molecule has 3 rings (SSSR count). The van der Waals surface area contributed by atoms with E-state index in [1.54, 1.807) is 0 Å². The monoisotopic (exact) mass is 474 g/mol. The van der Waals surface area contributed by atoms with Crippen molar-refractivity contribution in [2.75, 3.05) is 18.6 Å². The van der Waals surface area contributed by atoms with E-state index in [1.807, 2.05) is 7.05 Å². The molecule has 0 spiro atoms. The van der Waals surface area contributed by atoms with Crippen molar-refractivity contribution in [2.45, 2.75) is 84.2 Å². The summed E-state index contributed by atoms with van der Waals surface area (Å²) < 4.78 is 0. The Hall–Kier alpha value is -2.77. The summed E-state index contributed by atoms with van der Waals surface area (Å²) in [5.41, 5.74) is 5.52. The predicted molar refractivity (Wildman–Crippen MR) is 146 cm³/mol. The van der Waals surface area contributed by atoms with E-state index < -0.39 is 0 Å². The number of benzene rings is 2.